The Morgan fingerprint density at radius 2 is 2.09 bits per heavy atom. The van der Waals surface area contributed by atoms with E-state index >= 15 is 0 Å². The van der Waals surface area contributed by atoms with Crippen LogP contribution in [0, 0.1) is 0 Å². The highest BCUT2D eigenvalue weighted by Crippen LogP contribution is 2.21. The van der Waals surface area contributed by atoms with Crippen LogP contribution in [0.15, 0.2) is 52.4 Å². The van der Waals surface area contributed by atoms with Gasteiger partial charge in [-0.3, -0.25) is 4.79 Å². The van der Waals surface area contributed by atoms with E-state index in [0.717, 1.165) is 14.9 Å². The van der Waals surface area contributed by atoms with E-state index in [4.69, 9.17) is 11.6 Å². The van der Waals surface area contributed by atoms with Gasteiger partial charge in [-0.1, -0.05) is 23.7 Å². The second kappa shape index (κ2) is 7.29. The molecule has 1 amide bonds. The highest BCUT2D eigenvalue weighted by atomic mass is 79.9. The Morgan fingerprint density at radius 1 is 1.30 bits per heavy atom. The van der Waals surface area contributed by atoms with Gasteiger partial charge in [0.1, 0.15) is 5.82 Å². The molecule has 0 aliphatic rings. The Labute approximate surface area is 151 Å². The Balaban J connectivity index is 1.65. The third-order valence-corrected chi connectivity index (χ3v) is 5.12. The van der Waals surface area contributed by atoms with Crippen LogP contribution in [0.25, 0.3) is 0 Å². The number of amides is 1. The summed E-state index contributed by atoms with van der Waals surface area (Å²) >= 11 is 10.9. The van der Waals surface area contributed by atoms with E-state index in [0.29, 0.717) is 23.8 Å². The molecule has 7 heteroatoms. The Hall–Kier alpha value is -1.63. The van der Waals surface area contributed by atoms with Gasteiger partial charge in [-0.25, -0.2) is 4.68 Å². The molecule has 1 aromatic carbocycles. The van der Waals surface area contributed by atoms with Gasteiger partial charge in [0.05, 0.1) is 19.2 Å². The molecular weight excluding hydrogens is 398 g/mol. The van der Waals surface area contributed by atoms with Crippen LogP contribution < -0.4 is 5.32 Å². The van der Waals surface area contributed by atoms with Crippen molar-refractivity contribution >= 4 is 50.6 Å². The first-order chi connectivity index (χ1) is 11.1. The fraction of sp³-hybridized carbons (Fsp3) is 0.125. The summed E-state index contributed by atoms with van der Waals surface area (Å²) in [4.78, 5) is 13.3. The molecule has 3 aromatic rings. The number of nitrogens with zero attached hydrogens (tertiary/aromatic N) is 2. The average Bonchev–Trinajstić information content (AvgIpc) is 3.11. The molecule has 1 N–H and O–H groups in total. The molecule has 0 bridgehead atoms. The molecule has 2 heterocycles. The molecule has 0 saturated carbocycles. The lowest BCUT2D eigenvalue weighted by Crippen LogP contribution is -2.17. The van der Waals surface area contributed by atoms with Gasteiger partial charge in [-0.2, -0.15) is 5.10 Å². The van der Waals surface area contributed by atoms with Crippen molar-refractivity contribution in [2.75, 3.05) is 5.32 Å². The first kappa shape index (κ1) is 16.2. The van der Waals surface area contributed by atoms with Gasteiger partial charge in [0.15, 0.2) is 0 Å². The number of carbonyl (C=O) groups is 1. The maximum Gasteiger partial charge on any atom is 0.229 e. The van der Waals surface area contributed by atoms with E-state index in [1.807, 2.05) is 23.6 Å². The van der Waals surface area contributed by atoms with Crippen LogP contribution in [-0.2, 0) is 17.8 Å². The maximum atomic E-state index is 12.2. The van der Waals surface area contributed by atoms with Crippen molar-refractivity contribution in [3.63, 3.8) is 0 Å². The molecule has 0 aliphatic carbocycles. The minimum atomic E-state index is -0.0820. The highest BCUT2D eigenvalue weighted by molar-refractivity contribution is 9.10. The molecule has 2 aromatic heterocycles. The fourth-order valence-electron chi connectivity index (χ4n) is 2.12. The van der Waals surface area contributed by atoms with E-state index in [2.05, 4.69) is 26.3 Å². The van der Waals surface area contributed by atoms with E-state index in [1.54, 1.807) is 40.4 Å². The minimum absolute atomic E-state index is 0.0820. The number of halogens is 2. The molecule has 0 unspecified atom stereocenters. The monoisotopic (exact) mass is 409 g/mol. The lowest BCUT2D eigenvalue weighted by Gasteiger charge is -2.08. The van der Waals surface area contributed by atoms with Crippen molar-refractivity contribution in [1.29, 1.82) is 0 Å². The molecule has 0 fully saturated rings. The van der Waals surface area contributed by atoms with Gasteiger partial charge in [-0.05, 0) is 39.7 Å². The molecular formula is C16H13BrClN3OS. The first-order valence-electron chi connectivity index (χ1n) is 6.89. The van der Waals surface area contributed by atoms with Gasteiger partial charge in [-0.15, -0.1) is 11.3 Å². The molecule has 0 atom stereocenters. The van der Waals surface area contributed by atoms with E-state index in [-0.39, 0.29) is 5.91 Å². The van der Waals surface area contributed by atoms with Crippen LogP contribution in [-0.4, -0.2) is 15.7 Å². The van der Waals surface area contributed by atoms with Crippen LogP contribution in [0.4, 0.5) is 5.82 Å². The normalized spacial score (nSPS) is 10.7. The van der Waals surface area contributed by atoms with Crippen LogP contribution in [0.5, 0.6) is 0 Å². The second-order valence-corrected chi connectivity index (χ2v) is 7.30. The van der Waals surface area contributed by atoms with Crippen molar-refractivity contribution in [3.8, 4) is 0 Å². The van der Waals surface area contributed by atoms with Crippen molar-refractivity contribution in [2.45, 2.75) is 13.0 Å². The number of nitrogens with one attached hydrogen (secondary N) is 1. The fourth-order valence-corrected chi connectivity index (χ4v) is 3.68. The summed E-state index contributed by atoms with van der Waals surface area (Å²) in [6.45, 7) is 0.625. The number of rotatable bonds is 5. The van der Waals surface area contributed by atoms with Crippen molar-refractivity contribution in [1.82, 2.24) is 9.78 Å². The molecule has 23 heavy (non-hydrogen) atoms. The summed E-state index contributed by atoms with van der Waals surface area (Å²) in [6.07, 6.45) is 1.98. The van der Waals surface area contributed by atoms with Gasteiger partial charge in [0.2, 0.25) is 5.91 Å². The third-order valence-electron chi connectivity index (χ3n) is 3.19. The maximum absolute atomic E-state index is 12.2. The number of carbonyl (C=O) groups excluding carboxylic acids is 1. The summed E-state index contributed by atoms with van der Waals surface area (Å²) in [5.74, 6) is 0.606. The summed E-state index contributed by atoms with van der Waals surface area (Å²) in [6, 6.07) is 11.1. The molecule has 0 spiro atoms. The van der Waals surface area contributed by atoms with E-state index in [1.165, 1.54) is 0 Å². The zero-order valence-electron chi connectivity index (χ0n) is 12.0. The summed E-state index contributed by atoms with van der Waals surface area (Å²) in [7, 11) is 0. The first-order valence-corrected chi connectivity index (χ1v) is 8.94. The number of hydrogen-bond donors (Lipinski definition) is 1. The Kier molecular flexibility index (Phi) is 5.15. The largest absolute Gasteiger partial charge is 0.311 e. The van der Waals surface area contributed by atoms with Crippen molar-refractivity contribution in [2.24, 2.45) is 0 Å². The zero-order chi connectivity index (χ0) is 16.2. The molecule has 118 valence electrons. The topological polar surface area (TPSA) is 46.9 Å². The summed E-state index contributed by atoms with van der Waals surface area (Å²) in [5.41, 5.74) is 0.917. The van der Waals surface area contributed by atoms with Crippen molar-refractivity contribution in [3.05, 3.63) is 67.9 Å². The minimum Gasteiger partial charge on any atom is -0.311 e. The Morgan fingerprint density at radius 3 is 2.78 bits per heavy atom. The van der Waals surface area contributed by atoms with Crippen LogP contribution >= 0.6 is 38.9 Å². The van der Waals surface area contributed by atoms with Gasteiger partial charge in [0, 0.05) is 25.8 Å². The highest BCUT2D eigenvalue weighted by Gasteiger charge is 2.09. The Bertz CT molecular complexity index is 813. The van der Waals surface area contributed by atoms with Crippen LogP contribution in [0.2, 0.25) is 5.02 Å². The van der Waals surface area contributed by atoms with Crippen LogP contribution in [0.1, 0.15) is 10.4 Å². The number of anilines is 1. The molecule has 4 nitrogen and oxygen atoms in total. The lowest BCUT2D eigenvalue weighted by atomic mass is 10.1. The van der Waals surface area contributed by atoms with Gasteiger partial charge in [0.25, 0.3) is 0 Å². The number of aromatic nitrogens is 2. The third kappa shape index (κ3) is 4.43. The average molecular weight is 411 g/mol. The second-order valence-electron chi connectivity index (χ2n) is 4.96. The van der Waals surface area contributed by atoms with E-state index in [9.17, 15) is 4.79 Å². The van der Waals surface area contributed by atoms with E-state index < -0.39 is 0 Å². The smallest absolute Gasteiger partial charge is 0.229 e. The van der Waals surface area contributed by atoms with Crippen LogP contribution in [0.3, 0.4) is 0 Å². The molecule has 0 aliphatic heterocycles. The summed E-state index contributed by atoms with van der Waals surface area (Å²) < 4.78 is 2.83. The molecule has 3 rings (SSSR count). The predicted octanol–water partition coefficient (Wildman–Crippen LogP) is 4.59. The standard InChI is InChI=1S/C16H13BrClN3OS/c17-12-8-14(23-10-12)9-21-15(5-6-19-21)20-16(22)7-11-1-3-13(18)4-2-11/h1-6,8,10H,7,9H2,(H,20,22). The lowest BCUT2D eigenvalue weighted by molar-refractivity contribution is -0.115. The summed E-state index contributed by atoms with van der Waals surface area (Å²) in [5, 5.41) is 9.86. The zero-order valence-corrected chi connectivity index (χ0v) is 15.2. The number of benzene rings is 1. The quantitative estimate of drug-likeness (QED) is 0.669. The van der Waals surface area contributed by atoms with Gasteiger partial charge >= 0.3 is 0 Å². The number of thiophene rings is 1. The van der Waals surface area contributed by atoms with Crippen molar-refractivity contribution < 1.29 is 4.79 Å². The van der Waals surface area contributed by atoms with Gasteiger partial charge < -0.3 is 5.32 Å². The SMILES string of the molecule is O=C(Cc1ccc(Cl)cc1)Nc1ccnn1Cc1cc(Br)cs1. The number of hydrogen-bond acceptors (Lipinski definition) is 3. The predicted molar refractivity (Wildman–Crippen MR) is 97.1 cm³/mol. The molecule has 0 saturated heterocycles. The molecule has 0 radical (unpaired) electrons.